The third-order valence-electron chi connectivity index (χ3n) is 3.08. The van der Waals surface area contributed by atoms with Crippen LogP contribution in [0, 0.1) is 13.8 Å². The normalized spacial score (nSPS) is 12.6. The molecule has 20 heavy (non-hydrogen) atoms. The number of tetrazole rings is 1. The van der Waals surface area contributed by atoms with E-state index in [4.69, 9.17) is 0 Å². The van der Waals surface area contributed by atoms with Crippen molar-refractivity contribution in [3.63, 3.8) is 0 Å². The number of hydrogen-bond acceptors (Lipinski definition) is 5. The Balaban J connectivity index is 2.21. The molecule has 0 aliphatic carbocycles. The molecule has 0 radical (unpaired) electrons. The van der Waals surface area contributed by atoms with Crippen molar-refractivity contribution in [2.45, 2.75) is 39.7 Å². The number of rotatable bonds is 6. The fraction of sp³-hybridized carbons (Fsp3) is 0.571. The van der Waals surface area contributed by atoms with Gasteiger partial charge in [0.05, 0.1) is 7.05 Å². The van der Waals surface area contributed by atoms with Crippen LogP contribution in [0.3, 0.4) is 0 Å². The third kappa shape index (κ3) is 3.84. The first-order chi connectivity index (χ1) is 9.58. The van der Waals surface area contributed by atoms with Crippen LogP contribution >= 0.6 is 0 Å². The van der Waals surface area contributed by atoms with Crippen molar-refractivity contribution in [1.82, 2.24) is 30.5 Å². The van der Waals surface area contributed by atoms with Gasteiger partial charge in [-0.1, -0.05) is 6.92 Å². The summed E-state index contributed by atoms with van der Waals surface area (Å²) in [5, 5.41) is 15.8. The van der Waals surface area contributed by atoms with Crippen LogP contribution in [0.1, 0.15) is 42.2 Å². The van der Waals surface area contributed by atoms with E-state index in [1.54, 1.807) is 7.05 Å². The van der Waals surface area contributed by atoms with E-state index in [1.807, 2.05) is 13.8 Å². The minimum Gasteiger partial charge on any atom is -0.310 e. The molecule has 0 amide bonds. The predicted molar refractivity (Wildman–Crippen MR) is 77.2 cm³/mol. The Morgan fingerprint density at radius 2 is 1.95 bits per heavy atom. The molecule has 0 fully saturated rings. The summed E-state index contributed by atoms with van der Waals surface area (Å²) in [6.07, 6.45) is 1.82. The van der Waals surface area contributed by atoms with Gasteiger partial charge in [0, 0.05) is 23.9 Å². The number of hydrogen-bond donors (Lipinski definition) is 1. The summed E-state index contributed by atoms with van der Waals surface area (Å²) in [5.41, 5.74) is 3.31. The van der Waals surface area contributed by atoms with E-state index in [-0.39, 0.29) is 6.04 Å². The maximum atomic E-state index is 4.43. The maximum absolute atomic E-state index is 4.43. The Morgan fingerprint density at radius 1 is 1.25 bits per heavy atom. The molecule has 0 spiro atoms. The number of nitrogens with one attached hydrogen (secondary N) is 1. The van der Waals surface area contributed by atoms with E-state index in [0.29, 0.717) is 0 Å². The summed E-state index contributed by atoms with van der Waals surface area (Å²) in [7, 11) is 1.78. The van der Waals surface area contributed by atoms with Crippen molar-refractivity contribution >= 4 is 0 Å². The number of pyridine rings is 1. The molecule has 0 aromatic carbocycles. The van der Waals surface area contributed by atoms with Gasteiger partial charge in [-0.25, -0.2) is 0 Å². The van der Waals surface area contributed by atoms with Gasteiger partial charge in [0.25, 0.3) is 0 Å². The van der Waals surface area contributed by atoms with E-state index in [1.165, 1.54) is 10.4 Å². The van der Waals surface area contributed by atoms with E-state index in [0.717, 1.165) is 36.6 Å². The number of nitrogens with zero attached hydrogens (tertiary/aromatic N) is 5. The Morgan fingerprint density at radius 3 is 2.50 bits per heavy atom. The minimum atomic E-state index is 0.194. The Labute approximate surface area is 119 Å². The van der Waals surface area contributed by atoms with Crippen LogP contribution < -0.4 is 5.32 Å². The average Bonchev–Trinajstić information content (AvgIpc) is 2.79. The quantitative estimate of drug-likeness (QED) is 0.864. The van der Waals surface area contributed by atoms with Gasteiger partial charge in [-0.15, -0.1) is 10.2 Å². The number of aromatic nitrogens is 5. The second kappa shape index (κ2) is 6.56. The minimum absolute atomic E-state index is 0.194. The molecule has 1 atom stereocenters. The largest absolute Gasteiger partial charge is 0.310 e. The standard InChI is InChI=1S/C14H22N6/c1-5-6-15-13(9-14-17-19-20(4)18-14)12-7-10(2)16-11(3)8-12/h7-8,13,15H,5-6,9H2,1-4H3. The predicted octanol–water partition coefficient (Wildman–Crippen LogP) is 1.51. The molecule has 0 saturated heterocycles. The highest BCUT2D eigenvalue weighted by atomic mass is 15.6. The van der Waals surface area contributed by atoms with Crippen molar-refractivity contribution in [2.24, 2.45) is 7.05 Å². The number of aryl methyl sites for hydroxylation is 3. The van der Waals surface area contributed by atoms with Crippen LogP contribution in [0.15, 0.2) is 12.1 Å². The first-order valence-electron chi connectivity index (χ1n) is 7.00. The molecule has 0 saturated carbocycles. The second-order valence-electron chi connectivity index (χ2n) is 5.09. The average molecular weight is 274 g/mol. The summed E-state index contributed by atoms with van der Waals surface area (Å²) in [5.74, 6) is 0.758. The SMILES string of the molecule is CCCNC(Cc1nnn(C)n1)c1cc(C)nc(C)c1. The molecule has 2 heterocycles. The summed E-state index contributed by atoms with van der Waals surface area (Å²) < 4.78 is 0. The van der Waals surface area contributed by atoms with Gasteiger partial charge in [0.2, 0.25) is 0 Å². The van der Waals surface area contributed by atoms with Crippen LogP contribution in [0.2, 0.25) is 0 Å². The summed E-state index contributed by atoms with van der Waals surface area (Å²) in [4.78, 5) is 5.93. The van der Waals surface area contributed by atoms with Gasteiger partial charge < -0.3 is 5.32 Å². The molecule has 0 aliphatic heterocycles. The zero-order valence-electron chi connectivity index (χ0n) is 12.6. The van der Waals surface area contributed by atoms with Gasteiger partial charge in [0.1, 0.15) is 0 Å². The smallest absolute Gasteiger partial charge is 0.176 e. The van der Waals surface area contributed by atoms with Gasteiger partial charge >= 0.3 is 0 Å². The van der Waals surface area contributed by atoms with Crippen molar-refractivity contribution < 1.29 is 0 Å². The van der Waals surface area contributed by atoms with Crippen LogP contribution in [0.4, 0.5) is 0 Å². The molecular weight excluding hydrogens is 252 g/mol. The highest BCUT2D eigenvalue weighted by Gasteiger charge is 2.15. The fourth-order valence-corrected chi connectivity index (χ4v) is 2.28. The summed E-state index contributed by atoms with van der Waals surface area (Å²) >= 11 is 0. The monoisotopic (exact) mass is 274 g/mol. The molecule has 108 valence electrons. The molecule has 1 unspecified atom stereocenters. The summed E-state index contributed by atoms with van der Waals surface area (Å²) in [6, 6.07) is 4.44. The highest BCUT2D eigenvalue weighted by molar-refractivity contribution is 5.24. The molecule has 6 nitrogen and oxygen atoms in total. The lowest BCUT2D eigenvalue weighted by Crippen LogP contribution is -2.25. The zero-order chi connectivity index (χ0) is 14.5. The lowest BCUT2D eigenvalue weighted by molar-refractivity contribution is 0.515. The second-order valence-corrected chi connectivity index (χ2v) is 5.09. The van der Waals surface area contributed by atoms with Crippen LogP contribution in [-0.2, 0) is 13.5 Å². The fourth-order valence-electron chi connectivity index (χ4n) is 2.28. The van der Waals surface area contributed by atoms with Gasteiger partial charge in [-0.05, 0) is 49.7 Å². The Bertz CT molecular complexity index is 542. The molecule has 1 N–H and O–H groups in total. The van der Waals surface area contributed by atoms with E-state index in [2.05, 4.69) is 44.8 Å². The van der Waals surface area contributed by atoms with Crippen LogP contribution in [-0.4, -0.2) is 31.7 Å². The van der Waals surface area contributed by atoms with E-state index < -0.39 is 0 Å². The van der Waals surface area contributed by atoms with Crippen molar-refractivity contribution in [1.29, 1.82) is 0 Å². The van der Waals surface area contributed by atoms with Crippen molar-refractivity contribution in [3.05, 3.63) is 34.9 Å². The molecule has 6 heteroatoms. The van der Waals surface area contributed by atoms with Gasteiger partial charge in [-0.3, -0.25) is 4.98 Å². The summed E-state index contributed by atoms with van der Waals surface area (Å²) in [6.45, 7) is 7.17. The lowest BCUT2D eigenvalue weighted by Gasteiger charge is -2.18. The van der Waals surface area contributed by atoms with E-state index in [9.17, 15) is 0 Å². The topological polar surface area (TPSA) is 68.5 Å². The molecule has 2 aromatic heterocycles. The van der Waals surface area contributed by atoms with Gasteiger partial charge in [-0.2, -0.15) is 4.80 Å². The molecule has 2 rings (SSSR count). The van der Waals surface area contributed by atoms with Crippen LogP contribution in [0.5, 0.6) is 0 Å². The molecule has 0 aliphatic rings. The highest BCUT2D eigenvalue weighted by Crippen LogP contribution is 2.18. The van der Waals surface area contributed by atoms with Crippen molar-refractivity contribution in [2.75, 3.05) is 6.54 Å². The maximum Gasteiger partial charge on any atom is 0.176 e. The lowest BCUT2D eigenvalue weighted by atomic mass is 10.0. The molecule has 2 aromatic rings. The first kappa shape index (κ1) is 14.6. The Hall–Kier alpha value is -1.82. The van der Waals surface area contributed by atoms with Crippen molar-refractivity contribution in [3.8, 4) is 0 Å². The molecule has 0 bridgehead atoms. The van der Waals surface area contributed by atoms with Gasteiger partial charge in [0.15, 0.2) is 5.82 Å². The Kier molecular flexibility index (Phi) is 4.79. The first-order valence-corrected chi connectivity index (χ1v) is 7.00. The zero-order valence-corrected chi connectivity index (χ0v) is 12.6. The van der Waals surface area contributed by atoms with E-state index >= 15 is 0 Å². The third-order valence-corrected chi connectivity index (χ3v) is 3.08. The van der Waals surface area contributed by atoms with Crippen LogP contribution in [0.25, 0.3) is 0 Å². The molecular formula is C14H22N6.